The molecular weight excluding hydrogens is 196 g/mol. The maximum atomic E-state index is 3.59. The summed E-state index contributed by atoms with van der Waals surface area (Å²) in [5.41, 5.74) is 0.523. The van der Waals surface area contributed by atoms with E-state index in [1.807, 2.05) is 0 Å². The van der Waals surface area contributed by atoms with Crippen LogP contribution in [0.4, 0.5) is 0 Å². The van der Waals surface area contributed by atoms with E-state index in [4.69, 9.17) is 0 Å². The van der Waals surface area contributed by atoms with Crippen molar-refractivity contribution in [1.82, 2.24) is 10.2 Å². The van der Waals surface area contributed by atoms with Gasteiger partial charge in [0.25, 0.3) is 0 Å². The zero-order valence-electron chi connectivity index (χ0n) is 11.1. The lowest BCUT2D eigenvalue weighted by atomic mass is 9.81. The maximum absolute atomic E-state index is 3.59. The highest BCUT2D eigenvalue weighted by atomic mass is 15.2. The summed E-state index contributed by atoms with van der Waals surface area (Å²) in [5, 5.41) is 3.59. The van der Waals surface area contributed by atoms with Gasteiger partial charge in [-0.2, -0.15) is 0 Å². The summed E-state index contributed by atoms with van der Waals surface area (Å²) >= 11 is 0. The van der Waals surface area contributed by atoms with E-state index in [9.17, 15) is 0 Å². The van der Waals surface area contributed by atoms with Crippen LogP contribution in [-0.2, 0) is 0 Å². The molecule has 2 aliphatic rings. The summed E-state index contributed by atoms with van der Waals surface area (Å²) in [6.45, 7) is 8.63. The second-order valence-electron chi connectivity index (χ2n) is 6.04. The van der Waals surface area contributed by atoms with Gasteiger partial charge in [0, 0.05) is 18.1 Å². The van der Waals surface area contributed by atoms with Crippen molar-refractivity contribution in [1.29, 1.82) is 0 Å². The molecule has 2 nitrogen and oxygen atoms in total. The predicted octanol–water partition coefficient (Wildman–Crippen LogP) is 2.78. The van der Waals surface area contributed by atoms with Crippen molar-refractivity contribution in [2.24, 2.45) is 0 Å². The van der Waals surface area contributed by atoms with Gasteiger partial charge in [0.2, 0.25) is 0 Å². The van der Waals surface area contributed by atoms with Gasteiger partial charge in [-0.1, -0.05) is 19.3 Å². The fourth-order valence-electron chi connectivity index (χ4n) is 3.35. The summed E-state index contributed by atoms with van der Waals surface area (Å²) in [7, 11) is 0. The van der Waals surface area contributed by atoms with Gasteiger partial charge in [-0.3, -0.25) is 4.90 Å². The van der Waals surface area contributed by atoms with Gasteiger partial charge in [0.1, 0.15) is 0 Å². The Kier molecular flexibility index (Phi) is 4.26. The van der Waals surface area contributed by atoms with Crippen molar-refractivity contribution < 1.29 is 0 Å². The molecular formula is C14H28N2. The second kappa shape index (κ2) is 5.50. The van der Waals surface area contributed by atoms with E-state index in [1.165, 1.54) is 64.6 Å². The second-order valence-corrected chi connectivity index (χ2v) is 6.04. The molecule has 0 bridgehead atoms. The van der Waals surface area contributed by atoms with Crippen molar-refractivity contribution >= 4 is 0 Å². The summed E-state index contributed by atoms with van der Waals surface area (Å²) in [6.07, 6.45) is 9.84. The van der Waals surface area contributed by atoms with Crippen LogP contribution in [0.25, 0.3) is 0 Å². The van der Waals surface area contributed by atoms with Crippen LogP contribution >= 0.6 is 0 Å². The van der Waals surface area contributed by atoms with E-state index in [2.05, 4.69) is 24.1 Å². The van der Waals surface area contributed by atoms with Crippen LogP contribution in [0.2, 0.25) is 0 Å². The van der Waals surface area contributed by atoms with E-state index >= 15 is 0 Å². The van der Waals surface area contributed by atoms with Crippen LogP contribution in [0.5, 0.6) is 0 Å². The number of hydrogen-bond acceptors (Lipinski definition) is 2. The highest BCUT2D eigenvalue weighted by molar-refractivity contribution is 4.90. The maximum Gasteiger partial charge on any atom is 0.0181 e. The first kappa shape index (κ1) is 12.4. The van der Waals surface area contributed by atoms with Crippen LogP contribution in [-0.4, -0.2) is 36.1 Å². The standard InChI is InChI=1S/C14H28N2/c1-13-7-12-16(11-6-10-15-13)14(2)8-4-3-5-9-14/h13,15H,3-12H2,1-2H3. The largest absolute Gasteiger partial charge is 0.314 e. The molecule has 1 heterocycles. The number of nitrogens with zero attached hydrogens (tertiary/aromatic N) is 1. The van der Waals surface area contributed by atoms with Crippen molar-refractivity contribution in [3.8, 4) is 0 Å². The molecule has 1 aliphatic heterocycles. The molecule has 0 radical (unpaired) electrons. The Morgan fingerprint density at radius 2 is 1.81 bits per heavy atom. The average molecular weight is 224 g/mol. The molecule has 1 aliphatic carbocycles. The summed E-state index contributed by atoms with van der Waals surface area (Å²) < 4.78 is 0. The SMILES string of the molecule is CC1CCN(C2(C)CCCCC2)CCCN1. The minimum atomic E-state index is 0.523. The fraction of sp³-hybridized carbons (Fsp3) is 1.00. The molecule has 0 aromatic carbocycles. The molecule has 0 aromatic heterocycles. The molecule has 0 amide bonds. The number of hydrogen-bond donors (Lipinski definition) is 1. The zero-order valence-corrected chi connectivity index (χ0v) is 11.1. The van der Waals surface area contributed by atoms with Crippen LogP contribution in [0.1, 0.15) is 58.8 Å². The van der Waals surface area contributed by atoms with Crippen molar-refractivity contribution in [2.45, 2.75) is 70.4 Å². The van der Waals surface area contributed by atoms with E-state index < -0.39 is 0 Å². The van der Waals surface area contributed by atoms with Crippen LogP contribution < -0.4 is 5.32 Å². The molecule has 1 N–H and O–H groups in total. The first-order chi connectivity index (χ1) is 7.71. The zero-order chi connectivity index (χ0) is 11.4. The van der Waals surface area contributed by atoms with Crippen molar-refractivity contribution in [3.63, 3.8) is 0 Å². The molecule has 1 atom stereocenters. The third-order valence-corrected chi connectivity index (χ3v) is 4.62. The monoisotopic (exact) mass is 224 g/mol. The molecule has 0 aromatic rings. The molecule has 2 heteroatoms. The van der Waals surface area contributed by atoms with Gasteiger partial charge in [-0.25, -0.2) is 0 Å². The van der Waals surface area contributed by atoms with E-state index in [0.29, 0.717) is 11.6 Å². The van der Waals surface area contributed by atoms with E-state index in [1.54, 1.807) is 0 Å². The minimum absolute atomic E-state index is 0.523. The van der Waals surface area contributed by atoms with Crippen LogP contribution in [0.15, 0.2) is 0 Å². The van der Waals surface area contributed by atoms with Gasteiger partial charge in [0.15, 0.2) is 0 Å². The lowest BCUT2D eigenvalue weighted by Crippen LogP contribution is -2.51. The molecule has 1 saturated carbocycles. The Hall–Kier alpha value is -0.0800. The molecule has 1 saturated heterocycles. The highest BCUT2D eigenvalue weighted by Crippen LogP contribution is 2.33. The lowest BCUT2D eigenvalue weighted by Gasteiger charge is -2.45. The Balaban J connectivity index is 1.94. The average Bonchev–Trinajstić information content (AvgIpc) is 2.25. The quantitative estimate of drug-likeness (QED) is 0.737. The van der Waals surface area contributed by atoms with Gasteiger partial charge in [-0.05, 0) is 52.6 Å². The van der Waals surface area contributed by atoms with Gasteiger partial charge >= 0.3 is 0 Å². The topological polar surface area (TPSA) is 15.3 Å². The first-order valence-corrected chi connectivity index (χ1v) is 7.19. The fourth-order valence-corrected chi connectivity index (χ4v) is 3.35. The molecule has 1 unspecified atom stereocenters. The third kappa shape index (κ3) is 2.98. The number of rotatable bonds is 1. The smallest absolute Gasteiger partial charge is 0.0181 e. The Morgan fingerprint density at radius 1 is 1.06 bits per heavy atom. The molecule has 2 rings (SSSR count). The Morgan fingerprint density at radius 3 is 2.56 bits per heavy atom. The van der Waals surface area contributed by atoms with Crippen molar-refractivity contribution in [2.75, 3.05) is 19.6 Å². The lowest BCUT2D eigenvalue weighted by molar-refractivity contribution is 0.0563. The molecule has 0 spiro atoms. The third-order valence-electron chi connectivity index (χ3n) is 4.62. The Bertz CT molecular complexity index is 209. The van der Waals surface area contributed by atoms with Gasteiger partial charge < -0.3 is 5.32 Å². The normalized spacial score (nSPS) is 33.0. The summed E-state index contributed by atoms with van der Waals surface area (Å²) in [6, 6.07) is 0.704. The predicted molar refractivity (Wildman–Crippen MR) is 69.8 cm³/mol. The van der Waals surface area contributed by atoms with Gasteiger partial charge in [-0.15, -0.1) is 0 Å². The highest BCUT2D eigenvalue weighted by Gasteiger charge is 2.33. The molecule has 94 valence electrons. The summed E-state index contributed by atoms with van der Waals surface area (Å²) in [4.78, 5) is 2.80. The number of nitrogens with one attached hydrogen (secondary N) is 1. The van der Waals surface area contributed by atoms with E-state index in [0.717, 1.165) is 0 Å². The van der Waals surface area contributed by atoms with Crippen molar-refractivity contribution in [3.05, 3.63) is 0 Å². The molecule has 2 fully saturated rings. The Labute approximate surface area is 101 Å². The van der Waals surface area contributed by atoms with Gasteiger partial charge in [0.05, 0.1) is 0 Å². The minimum Gasteiger partial charge on any atom is -0.314 e. The van der Waals surface area contributed by atoms with E-state index in [-0.39, 0.29) is 0 Å². The first-order valence-electron chi connectivity index (χ1n) is 7.19. The molecule has 16 heavy (non-hydrogen) atoms. The summed E-state index contributed by atoms with van der Waals surface area (Å²) in [5.74, 6) is 0. The van der Waals surface area contributed by atoms with Crippen LogP contribution in [0.3, 0.4) is 0 Å². The van der Waals surface area contributed by atoms with Crippen LogP contribution in [0, 0.1) is 0 Å².